The molecule has 1 rings (SSSR count). The monoisotopic (exact) mass is 204 g/mol. The highest BCUT2D eigenvalue weighted by molar-refractivity contribution is 5.65. The fourth-order valence-corrected chi connectivity index (χ4v) is 1.66. The van der Waals surface area contributed by atoms with Crippen LogP contribution < -0.4 is 11.3 Å². The first-order valence-corrected chi connectivity index (χ1v) is 5.56. The minimum atomic E-state index is 1.05. The van der Waals surface area contributed by atoms with Crippen LogP contribution in [0.5, 0.6) is 0 Å². The van der Waals surface area contributed by atoms with E-state index in [9.17, 15) is 0 Å². The summed E-state index contributed by atoms with van der Waals surface area (Å²) in [5, 5.41) is 0. The zero-order valence-corrected chi connectivity index (χ0v) is 9.59. The summed E-state index contributed by atoms with van der Waals surface area (Å²) in [6.45, 7) is 4.34. The first-order chi connectivity index (χ1) is 7.31. The van der Waals surface area contributed by atoms with Gasteiger partial charge < -0.3 is 5.43 Å². The first-order valence-electron chi connectivity index (χ1n) is 5.56. The van der Waals surface area contributed by atoms with E-state index in [-0.39, 0.29) is 0 Å². The Kier molecular flexibility index (Phi) is 4.91. The topological polar surface area (TPSA) is 38.0 Å². The van der Waals surface area contributed by atoms with Gasteiger partial charge in [0.2, 0.25) is 0 Å². The van der Waals surface area contributed by atoms with Gasteiger partial charge in [-0.15, -0.1) is 0 Å². The molecule has 0 aliphatic carbocycles. The highest BCUT2D eigenvalue weighted by Crippen LogP contribution is 2.20. The normalized spacial score (nSPS) is 11.5. The summed E-state index contributed by atoms with van der Waals surface area (Å²) >= 11 is 0. The van der Waals surface area contributed by atoms with Crippen LogP contribution in [0.4, 0.5) is 0 Å². The number of hydrogen-bond acceptors (Lipinski definition) is 2. The van der Waals surface area contributed by atoms with E-state index in [2.05, 4.69) is 43.5 Å². The van der Waals surface area contributed by atoms with E-state index in [1.807, 2.05) is 6.20 Å². The molecule has 0 spiro atoms. The van der Waals surface area contributed by atoms with Crippen molar-refractivity contribution in [3.8, 4) is 0 Å². The number of allylic oxidation sites excluding steroid dienone is 1. The molecule has 0 atom stereocenters. The van der Waals surface area contributed by atoms with E-state index in [4.69, 9.17) is 5.84 Å². The summed E-state index contributed by atoms with van der Waals surface area (Å²) in [6.07, 6.45) is 5.14. The van der Waals surface area contributed by atoms with Crippen LogP contribution in [-0.4, -0.2) is 0 Å². The van der Waals surface area contributed by atoms with Crippen molar-refractivity contribution in [1.29, 1.82) is 0 Å². The van der Waals surface area contributed by atoms with E-state index in [0.717, 1.165) is 19.3 Å². The summed E-state index contributed by atoms with van der Waals surface area (Å²) in [4.78, 5) is 0. The molecule has 0 bridgehead atoms. The molecule has 0 saturated carbocycles. The van der Waals surface area contributed by atoms with Crippen LogP contribution in [0.3, 0.4) is 0 Å². The SMILES string of the molecule is CCC/C(=C\NN)c1cccc(CC)c1. The Bertz CT molecular complexity index is 329. The number of hydrazine groups is 1. The quantitative estimate of drug-likeness (QED) is 0.571. The lowest BCUT2D eigenvalue weighted by molar-refractivity contribution is 0.929. The number of hydrogen-bond donors (Lipinski definition) is 2. The number of nitrogens with one attached hydrogen (secondary N) is 1. The van der Waals surface area contributed by atoms with Crippen LogP contribution in [0.1, 0.15) is 37.8 Å². The van der Waals surface area contributed by atoms with Gasteiger partial charge in [-0.05, 0) is 29.5 Å². The van der Waals surface area contributed by atoms with Gasteiger partial charge in [-0.1, -0.05) is 44.5 Å². The molecule has 0 unspecified atom stereocenters. The average Bonchev–Trinajstić information content (AvgIpc) is 2.29. The summed E-state index contributed by atoms with van der Waals surface area (Å²) in [5.41, 5.74) is 6.54. The summed E-state index contributed by atoms with van der Waals surface area (Å²) in [5.74, 6) is 5.34. The van der Waals surface area contributed by atoms with E-state index >= 15 is 0 Å². The predicted molar refractivity (Wildman–Crippen MR) is 66.0 cm³/mol. The van der Waals surface area contributed by atoms with Gasteiger partial charge in [-0.3, -0.25) is 5.84 Å². The van der Waals surface area contributed by atoms with Gasteiger partial charge in [0.25, 0.3) is 0 Å². The first kappa shape index (κ1) is 11.8. The number of benzene rings is 1. The van der Waals surface area contributed by atoms with Gasteiger partial charge >= 0.3 is 0 Å². The second kappa shape index (κ2) is 6.25. The van der Waals surface area contributed by atoms with Crippen LogP contribution in [0.15, 0.2) is 30.5 Å². The molecular formula is C13H20N2. The third-order valence-corrected chi connectivity index (χ3v) is 2.48. The van der Waals surface area contributed by atoms with Gasteiger partial charge in [0, 0.05) is 6.20 Å². The number of nitrogens with two attached hydrogens (primary N) is 1. The van der Waals surface area contributed by atoms with E-state index in [1.165, 1.54) is 16.7 Å². The minimum Gasteiger partial charge on any atom is -0.331 e. The van der Waals surface area contributed by atoms with Gasteiger partial charge in [-0.2, -0.15) is 0 Å². The number of aryl methyl sites for hydroxylation is 1. The van der Waals surface area contributed by atoms with E-state index in [1.54, 1.807) is 0 Å². The van der Waals surface area contributed by atoms with Crippen molar-refractivity contribution < 1.29 is 0 Å². The Labute approximate surface area is 92.2 Å². The Hall–Kier alpha value is -1.28. The van der Waals surface area contributed by atoms with Crippen LogP contribution in [0.2, 0.25) is 0 Å². The molecule has 0 fully saturated rings. The summed E-state index contributed by atoms with van der Waals surface area (Å²) < 4.78 is 0. The molecule has 82 valence electrons. The molecule has 0 aromatic heterocycles. The molecule has 1 aromatic rings. The van der Waals surface area contributed by atoms with Gasteiger partial charge in [-0.25, -0.2) is 0 Å². The van der Waals surface area contributed by atoms with Crippen LogP contribution >= 0.6 is 0 Å². The molecule has 0 aliphatic rings. The Morgan fingerprint density at radius 2 is 2.20 bits per heavy atom. The molecule has 2 heteroatoms. The highest BCUT2D eigenvalue weighted by atomic mass is 15.2. The smallest absolute Gasteiger partial charge is 0.0161 e. The molecule has 3 N–H and O–H groups in total. The van der Waals surface area contributed by atoms with Crippen LogP contribution in [0, 0.1) is 0 Å². The maximum Gasteiger partial charge on any atom is 0.0161 e. The van der Waals surface area contributed by atoms with Gasteiger partial charge in [0.1, 0.15) is 0 Å². The van der Waals surface area contributed by atoms with Gasteiger partial charge in [0.05, 0.1) is 0 Å². The lowest BCUT2D eigenvalue weighted by Crippen LogP contribution is -2.14. The molecule has 1 aromatic carbocycles. The second-order valence-electron chi connectivity index (χ2n) is 3.64. The molecule has 0 heterocycles. The lowest BCUT2D eigenvalue weighted by Gasteiger charge is -2.08. The highest BCUT2D eigenvalue weighted by Gasteiger charge is 2.00. The molecule has 15 heavy (non-hydrogen) atoms. The maximum absolute atomic E-state index is 5.34. The molecule has 2 nitrogen and oxygen atoms in total. The predicted octanol–water partition coefficient (Wildman–Crippen LogP) is 2.85. The van der Waals surface area contributed by atoms with Crippen molar-refractivity contribution >= 4 is 5.57 Å². The fraction of sp³-hybridized carbons (Fsp3) is 0.385. The molecule has 0 saturated heterocycles. The van der Waals surface area contributed by atoms with Crippen molar-refractivity contribution in [3.63, 3.8) is 0 Å². The standard InChI is InChI=1S/C13H20N2/c1-3-6-13(10-15-14)12-8-5-7-11(4-2)9-12/h5,7-10,15H,3-4,6,14H2,1-2H3/b13-10+. The Balaban J connectivity index is 2.95. The Morgan fingerprint density at radius 1 is 1.40 bits per heavy atom. The minimum absolute atomic E-state index is 1.05. The van der Waals surface area contributed by atoms with Crippen molar-refractivity contribution in [2.24, 2.45) is 5.84 Å². The van der Waals surface area contributed by atoms with Crippen molar-refractivity contribution in [2.45, 2.75) is 33.1 Å². The summed E-state index contributed by atoms with van der Waals surface area (Å²) in [6, 6.07) is 8.63. The zero-order chi connectivity index (χ0) is 11.1. The van der Waals surface area contributed by atoms with Crippen molar-refractivity contribution in [3.05, 3.63) is 41.6 Å². The van der Waals surface area contributed by atoms with Crippen molar-refractivity contribution in [1.82, 2.24) is 5.43 Å². The van der Waals surface area contributed by atoms with Crippen LogP contribution in [-0.2, 0) is 6.42 Å². The van der Waals surface area contributed by atoms with E-state index in [0.29, 0.717) is 0 Å². The molecular weight excluding hydrogens is 184 g/mol. The average molecular weight is 204 g/mol. The molecule has 0 aliphatic heterocycles. The third kappa shape index (κ3) is 3.40. The second-order valence-corrected chi connectivity index (χ2v) is 3.64. The van der Waals surface area contributed by atoms with Gasteiger partial charge in [0.15, 0.2) is 0 Å². The van der Waals surface area contributed by atoms with Crippen molar-refractivity contribution in [2.75, 3.05) is 0 Å². The molecule has 0 radical (unpaired) electrons. The third-order valence-electron chi connectivity index (χ3n) is 2.48. The summed E-state index contributed by atoms with van der Waals surface area (Å²) in [7, 11) is 0. The maximum atomic E-state index is 5.34. The molecule has 0 amide bonds. The largest absolute Gasteiger partial charge is 0.331 e. The lowest BCUT2D eigenvalue weighted by atomic mass is 9.99. The Morgan fingerprint density at radius 3 is 2.80 bits per heavy atom. The zero-order valence-electron chi connectivity index (χ0n) is 9.59. The van der Waals surface area contributed by atoms with Crippen LogP contribution in [0.25, 0.3) is 5.57 Å². The number of rotatable bonds is 5. The van der Waals surface area contributed by atoms with E-state index < -0.39 is 0 Å². The fourth-order valence-electron chi connectivity index (χ4n) is 1.66.